The van der Waals surface area contributed by atoms with Crippen LogP contribution in [0.15, 0.2) is 30.7 Å². The average Bonchev–Trinajstić information content (AvgIpc) is 3.13. The van der Waals surface area contributed by atoms with Gasteiger partial charge in [0.15, 0.2) is 5.01 Å². The molecule has 0 saturated carbocycles. The van der Waals surface area contributed by atoms with Crippen molar-refractivity contribution in [1.82, 2.24) is 19.9 Å². The summed E-state index contributed by atoms with van der Waals surface area (Å²) in [5.41, 5.74) is 1.75. The molecule has 0 aliphatic rings. The number of hydrogen-bond acceptors (Lipinski definition) is 5. The van der Waals surface area contributed by atoms with Gasteiger partial charge in [0, 0.05) is 36.1 Å². The lowest BCUT2D eigenvalue weighted by Crippen LogP contribution is -2.24. The maximum absolute atomic E-state index is 11.9. The number of aliphatic hydroxyl groups is 1. The van der Waals surface area contributed by atoms with E-state index in [1.54, 1.807) is 29.2 Å². The number of aromatic nitrogens is 3. The number of rotatable bonds is 5. The highest BCUT2D eigenvalue weighted by molar-refractivity contribution is 7.17. The van der Waals surface area contributed by atoms with E-state index in [0.29, 0.717) is 23.0 Å². The van der Waals surface area contributed by atoms with Crippen LogP contribution in [0.5, 0.6) is 0 Å². The van der Waals surface area contributed by atoms with E-state index in [4.69, 9.17) is 16.7 Å². The molecular weight excluding hydrogens is 324 g/mol. The minimum atomic E-state index is -0.237. The summed E-state index contributed by atoms with van der Waals surface area (Å²) in [6.07, 6.45) is 5.69. The predicted molar refractivity (Wildman–Crippen MR) is 85.3 cm³/mol. The Hall–Kier alpha value is -1.96. The number of nitrogens with one attached hydrogen (secondary N) is 1. The van der Waals surface area contributed by atoms with Crippen LogP contribution < -0.4 is 5.32 Å². The molecule has 0 fully saturated rings. The first-order valence-corrected chi connectivity index (χ1v) is 7.86. The summed E-state index contributed by atoms with van der Waals surface area (Å²) in [5.74, 6) is -0.237. The molecule has 0 aliphatic carbocycles. The van der Waals surface area contributed by atoms with Crippen LogP contribution in [0, 0.1) is 0 Å². The molecule has 22 heavy (non-hydrogen) atoms. The molecule has 0 aliphatic heterocycles. The van der Waals surface area contributed by atoms with E-state index >= 15 is 0 Å². The maximum Gasteiger partial charge on any atom is 0.280 e. The van der Waals surface area contributed by atoms with Crippen molar-refractivity contribution in [2.45, 2.75) is 6.42 Å². The highest BCUT2D eigenvalue weighted by Crippen LogP contribution is 2.30. The minimum Gasteiger partial charge on any atom is -0.396 e. The molecule has 0 radical (unpaired) electrons. The third kappa shape index (κ3) is 2.96. The molecule has 0 aromatic carbocycles. The molecule has 0 spiro atoms. The number of fused-ring (bicyclic) bond motifs is 1. The summed E-state index contributed by atoms with van der Waals surface area (Å²) in [7, 11) is 0. The van der Waals surface area contributed by atoms with Gasteiger partial charge in [-0.05, 0) is 18.6 Å². The average molecular weight is 337 g/mol. The molecule has 1 amide bonds. The first-order chi connectivity index (χ1) is 10.7. The van der Waals surface area contributed by atoms with Crippen molar-refractivity contribution in [3.05, 3.63) is 40.8 Å². The molecular formula is C14H13ClN4O2S. The number of amides is 1. The highest BCUT2D eigenvalue weighted by atomic mass is 35.5. The zero-order valence-corrected chi connectivity index (χ0v) is 13.1. The Morgan fingerprint density at radius 3 is 3.14 bits per heavy atom. The predicted octanol–water partition coefficient (Wildman–Crippen LogP) is 2.22. The van der Waals surface area contributed by atoms with Gasteiger partial charge in [-0.25, -0.2) is 9.50 Å². The first kappa shape index (κ1) is 15.0. The molecule has 0 atom stereocenters. The van der Waals surface area contributed by atoms with Crippen molar-refractivity contribution in [2.75, 3.05) is 13.2 Å². The smallest absolute Gasteiger partial charge is 0.280 e. The highest BCUT2D eigenvalue weighted by Gasteiger charge is 2.14. The van der Waals surface area contributed by atoms with Crippen molar-refractivity contribution in [2.24, 2.45) is 0 Å². The van der Waals surface area contributed by atoms with E-state index < -0.39 is 0 Å². The topological polar surface area (TPSA) is 79.5 Å². The van der Waals surface area contributed by atoms with Crippen LogP contribution in [-0.2, 0) is 0 Å². The van der Waals surface area contributed by atoms with Crippen LogP contribution in [0.1, 0.15) is 16.2 Å². The second kappa shape index (κ2) is 6.43. The van der Waals surface area contributed by atoms with Crippen molar-refractivity contribution in [1.29, 1.82) is 0 Å². The molecule has 0 unspecified atom stereocenters. The van der Waals surface area contributed by atoms with Crippen LogP contribution in [-0.4, -0.2) is 38.8 Å². The number of pyridine rings is 1. The quantitative estimate of drug-likeness (QED) is 0.700. The lowest BCUT2D eigenvalue weighted by molar-refractivity contribution is 0.0951. The van der Waals surface area contributed by atoms with Gasteiger partial charge in [0.25, 0.3) is 5.91 Å². The van der Waals surface area contributed by atoms with E-state index in [1.165, 1.54) is 11.3 Å². The summed E-state index contributed by atoms with van der Waals surface area (Å²) < 4.78 is 1.72. The van der Waals surface area contributed by atoms with Crippen molar-refractivity contribution < 1.29 is 9.90 Å². The molecule has 0 saturated heterocycles. The van der Waals surface area contributed by atoms with Gasteiger partial charge in [0.2, 0.25) is 0 Å². The maximum atomic E-state index is 11.9. The molecule has 0 bridgehead atoms. The van der Waals surface area contributed by atoms with E-state index in [0.717, 1.165) is 16.0 Å². The zero-order valence-electron chi connectivity index (χ0n) is 11.5. The number of aliphatic hydroxyl groups excluding tert-OH is 1. The zero-order chi connectivity index (χ0) is 15.5. The fourth-order valence-electron chi connectivity index (χ4n) is 2.00. The third-order valence-electron chi connectivity index (χ3n) is 3.07. The molecule has 3 aromatic rings. The molecule has 6 nitrogen and oxygen atoms in total. The van der Waals surface area contributed by atoms with Gasteiger partial charge in [-0.1, -0.05) is 11.6 Å². The van der Waals surface area contributed by atoms with Crippen LogP contribution in [0.4, 0.5) is 0 Å². The summed E-state index contributed by atoms with van der Waals surface area (Å²) in [5, 5.41) is 16.7. The lowest BCUT2D eigenvalue weighted by atomic mass is 10.2. The summed E-state index contributed by atoms with van der Waals surface area (Å²) in [6.45, 7) is 0.475. The van der Waals surface area contributed by atoms with E-state index in [9.17, 15) is 4.79 Å². The van der Waals surface area contributed by atoms with Crippen LogP contribution in [0.3, 0.4) is 0 Å². The SMILES string of the molecule is O=C(NCCCO)c1ncc(-c2cnn3ccc(Cl)cc23)s1. The number of thiazole rings is 1. The molecule has 2 N–H and O–H groups in total. The summed E-state index contributed by atoms with van der Waals surface area (Å²) in [4.78, 5) is 16.9. The largest absolute Gasteiger partial charge is 0.396 e. The van der Waals surface area contributed by atoms with E-state index in [1.807, 2.05) is 6.07 Å². The number of carbonyl (C=O) groups is 1. The van der Waals surface area contributed by atoms with Gasteiger partial charge in [0.1, 0.15) is 0 Å². The number of nitrogens with zero attached hydrogens (tertiary/aromatic N) is 3. The lowest BCUT2D eigenvalue weighted by Gasteiger charge is -1.99. The Labute approximate surface area is 135 Å². The summed E-state index contributed by atoms with van der Waals surface area (Å²) in [6, 6.07) is 3.59. The third-order valence-corrected chi connectivity index (χ3v) is 4.33. The minimum absolute atomic E-state index is 0.0482. The number of hydrogen-bond donors (Lipinski definition) is 2. The van der Waals surface area contributed by atoms with Gasteiger partial charge >= 0.3 is 0 Å². The Kier molecular flexibility index (Phi) is 4.37. The fourth-order valence-corrected chi connectivity index (χ4v) is 3.02. The summed E-state index contributed by atoms with van der Waals surface area (Å²) >= 11 is 7.32. The van der Waals surface area contributed by atoms with Gasteiger partial charge in [0.05, 0.1) is 16.6 Å². The Bertz CT molecular complexity index is 814. The molecule has 3 heterocycles. The molecule has 3 aromatic heterocycles. The van der Waals surface area contributed by atoms with Gasteiger partial charge < -0.3 is 10.4 Å². The van der Waals surface area contributed by atoms with E-state index in [-0.39, 0.29) is 12.5 Å². The van der Waals surface area contributed by atoms with Gasteiger partial charge in [-0.15, -0.1) is 11.3 Å². The molecule has 114 valence electrons. The Balaban J connectivity index is 1.86. The van der Waals surface area contributed by atoms with Crippen molar-refractivity contribution >= 4 is 34.4 Å². The Morgan fingerprint density at radius 1 is 1.45 bits per heavy atom. The second-order valence-electron chi connectivity index (χ2n) is 4.60. The number of halogens is 1. The normalized spacial score (nSPS) is 11.0. The van der Waals surface area contributed by atoms with Crippen LogP contribution in [0.2, 0.25) is 5.02 Å². The van der Waals surface area contributed by atoms with Crippen LogP contribution in [0.25, 0.3) is 16.0 Å². The van der Waals surface area contributed by atoms with Gasteiger partial charge in [-0.3, -0.25) is 4.79 Å². The van der Waals surface area contributed by atoms with Crippen molar-refractivity contribution in [3.8, 4) is 10.4 Å². The van der Waals surface area contributed by atoms with Gasteiger partial charge in [-0.2, -0.15) is 5.10 Å². The first-order valence-electron chi connectivity index (χ1n) is 6.67. The Morgan fingerprint density at radius 2 is 2.32 bits per heavy atom. The monoisotopic (exact) mass is 336 g/mol. The van der Waals surface area contributed by atoms with Crippen LogP contribution >= 0.6 is 22.9 Å². The fraction of sp³-hybridized carbons (Fsp3) is 0.214. The van der Waals surface area contributed by atoms with Crippen molar-refractivity contribution in [3.63, 3.8) is 0 Å². The standard InChI is InChI=1S/C14H13ClN4O2S/c15-9-2-4-19-11(6-9)10(7-18-19)12-8-17-14(22-12)13(21)16-3-1-5-20/h2,4,6-8,20H,1,3,5H2,(H,16,21). The molecule has 8 heteroatoms. The number of carbonyl (C=O) groups excluding carboxylic acids is 1. The second-order valence-corrected chi connectivity index (χ2v) is 6.06. The molecule has 3 rings (SSSR count). The van der Waals surface area contributed by atoms with E-state index in [2.05, 4.69) is 15.4 Å².